The average Bonchev–Trinajstić information content (AvgIpc) is 2.31. The summed E-state index contributed by atoms with van der Waals surface area (Å²) in [6, 6.07) is 4.03. The molecule has 1 saturated carbocycles. The summed E-state index contributed by atoms with van der Waals surface area (Å²) in [5.74, 6) is -0.0586. The molecule has 0 aromatic carbocycles. The fourth-order valence-electron chi connectivity index (χ4n) is 1.71. The summed E-state index contributed by atoms with van der Waals surface area (Å²) in [5.41, 5.74) is 1.46. The molecule has 0 unspecified atom stereocenters. The summed E-state index contributed by atoms with van der Waals surface area (Å²) in [4.78, 5) is 15.9. The van der Waals surface area contributed by atoms with Crippen LogP contribution in [0, 0.1) is 0 Å². The van der Waals surface area contributed by atoms with E-state index >= 15 is 0 Å². The number of amides is 1. The van der Waals surface area contributed by atoms with Crippen molar-refractivity contribution in [2.24, 2.45) is 0 Å². The van der Waals surface area contributed by atoms with Crippen LogP contribution in [0.4, 0.5) is 5.69 Å². The highest BCUT2D eigenvalue weighted by molar-refractivity contribution is 5.92. The van der Waals surface area contributed by atoms with Gasteiger partial charge in [0.15, 0.2) is 0 Å². The number of nitrogens with zero attached hydrogens (tertiary/aromatic N) is 1. The predicted molar refractivity (Wildman–Crippen MR) is 68.1 cm³/mol. The zero-order valence-electron chi connectivity index (χ0n) is 10.2. The summed E-state index contributed by atoms with van der Waals surface area (Å²) < 4.78 is 0. The number of nitrogens with one attached hydrogen (secondary N) is 2. The van der Waals surface area contributed by atoms with E-state index in [0.717, 1.165) is 31.5 Å². The van der Waals surface area contributed by atoms with Crippen molar-refractivity contribution in [3.63, 3.8) is 0 Å². The zero-order chi connectivity index (χ0) is 12.1. The lowest BCUT2D eigenvalue weighted by Crippen LogP contribution is -2.39. The van der Waals surface area contributed by atoms with Crippen molar-refractivity contribution in [1.29, 1.82) is 0 Å². The van der Waals surface area contributed by atoms with Crippen LogP contribution in [-0.2, 0) is 0 Å². The van der Waals surface area contributed by atoms with E-state index in [1.54, 1.807) is 12.3 Å². The van der Waals surface area contributed by atoms with Crippen molar-refractivity contribution in [3.05, 3.63) is 24.0 Å². The molecule has 0 saturated heterocycles. The van der Waals surface area contributed by atoms with Gasteiger partial charge in [0.2, 0.25) is 0 Å². The molecule has 0 radical (unpaired) electrons. The van der Waals surface area contributed by atoms with Crippen molar-refractivity contribution in [1.82, 2.24) is 10.3 Å². The molecule has 0 spiro atoms. The number of hydrogen-bond donors (Lipinski definition) is 2. The van der Waals surface area contributed by atoms with Gasteiger partial charge in [0.1, 0.15) is 5.69 Å². The van der Waals surface area contributed by atoms with Gasteiger partial charge in [-0.15, -0.1) is 0 Å². The van der Waals surface area contributed by atoms with Gasteiger partial charge in [0, 0.05) is 12.6 Å². The lowest BCUT2D eigenvalue weighted by atomic mass is 9.93. The van der Waals surface area contributed by atoms with Gasteiger partial charge in [-0.1, -0.05) is 6.92 Å². The van der Waals surface area contributed by atoms with E-state index in [4.69, 9.17) is 0 Å². The quantitative estimate of drug-likeness (QED) is 0.819. The molecule has 1 aromatic rings. The fourth-order valence-corrected chi connectivity index (χ4v) is 1.71. The first-order chi connectivity index (χ1) is 8.29. The molecular weight excluding hydrogens is 214 g/mol. The SMILES string of the molecule is CCCNc1ccc(C(=O)NC2CCC2)nc1. The molecular formula is C13H19N3O. The Bertz CT molecular complexity index is 371. The molecule has 1 amide bonds. The molecule has 0 aliphatic heterocycles. The van der Waals surface area contributed by atoms with Gasteiger partial charge in [-0.3, -0.25) is 4.79 Å². The van der Waals surface area contributed by atoms with Crippen LogP contribution in [0.3, 0.4) is 0 Å². The monoisotopic (exact) mass is 233 g/mol. The van der Waals surface area contributed by atoms with Crippen molar-refractivity contribution >= 4 is 11.6 Å². The summed E-state index contributed by atoms with van der Waals surface area (Å²) in [6.45, 7) is 3.04. The minimum absolute atomic E-state index is 0.0586. The fraction of sp³-hybridized carbons (Fsp3) is 0.538. The van der Waals surface area contributed by atoms with E-state index < -0.39 is 0 Å². The molecule has 4 nitrogen and oxygen atoms in total. The van der Waals surface area contributed by atoms with E-state index in [2.05, 4.69) is 22.5 Å². The van der Waals surface area contributed by atoms with Crippen LogP contribution < -0.4 is 10.6 Å². The highest BCUT2D eigenvalue weighted by Gasteiger charge is 2.20. The van der Waals surface area contributed by atoms with E-state index in [0.29, 0.717) is 11.7 Å². The number of rotatable bonds is 5. The number of hydrogen-bond acceptors (Lipinski definition) is 3. The van der Waals surface area contributed by atoms with Gasteiger partial charge in [0.25, 0.3) is 5.91 Å². The minimum atomic E-state index is -0.0586. The number of anilines is 1. The maximum atomic E-state index is 11.8. The van der Waals surface area contributed by atoms with Crippen LogP contribution in [0.15, 0.2) is 18.3 Å². The Morgan fingerprint density at radius 3 is 2.82 bits per heavy atom. The Balaban J connectivity index is 1.89. The largest absolute Gasteiger partial charge is 0.384 e. The van der Waals surface area contributed by atoms with Crippen molar-refractivity contribution in [3.8, 4) is 0 Å². The van der Waals surface area contributed by atoms with Gasteiger partial charge in [-0.05, 0) is 37.8 Å². The Kier molecular flexibility index (Phi) is 3.96. The summed E-state index contributed by atoms with van der Waals surface area (Å²) in [7, 11) is 0. The molecule has 0 bridgehead atoms. The molecule has 1 aliphatic carbocycles. The zero-order valence-corrected chi connectivity index (χ0v) is 10.2. The lowest BCUT2D eigenvalue weighted by Gasteiger charge is -2.26. The molecule has 0 atom stereocenters. The van der Waals surface area contributed by atoms with Crippen LogP contribution in [0.25, 0.3) is 0 Å². The first kappa shape index (κ1) is 11.9. The average molecular weight is 233 g/mol. The van der Waals surface area contributed by atoms with Crippen LogP contribution in [0.1, 0.15) is 43.1 Å². The van der Waals surface area contributed by atoms with Crippen molar-refractivity contribution < 1.29 is 4.79 Å². The first-order valence-electron chi connectivity index (χ1n) is 6.30. The summed E-state index contributed by atoms with van der Waals surface area (Å²) in [5, 5.41) is 6.20. The van der Waals surface area contributed by atoms with E-state index in [1.165, 1.54) is 6.42 Å². The van der Waals surface area contributed by atoms with Gasteiger partial charge in [-0.25, -0.2) is 4.98 Å². The van der Waals surface area contributed by atoms with Crippen molar-refractivity contribution in [2.75, 3.05) is 11.9 Å². The Morgan fingerprint density at radius 1 is 1.47 bits per heavy atom. The van der Waals surface area contributed by atoms with Crippen LogP contribution in [0.5, 0.6) is 0 Å². The van der Waals surface area contributed by atoms with Crippen molar-refractivity contribution in [2.45, 2.75) is 38.6 Å². The first-order valence-corrected chi connectivity index (χ1v) is 6.30. The van der Waals surface area contributed by atoms with E-state index in [1.807, 2.05) is 6.07 Å². The number of carbonyl (C=O) groups is 1. The van der Waals surface area contributed by atoms with Gasteiger partial charge in [-0.2, -0.15) is 0 Å². The predicted octanol–water partition coefficient (Wildman–Crippen LogP) is 2.19. The molecule has 4 heteroatoms. The molecule has 1 fully saturated rings. The number of aromatic nitrogens is 1. The summed E-state index contributed by atoms with van der Waals surface area (Å²) in [6.07, 6.45) is 6.21. The Hall–Kier alpha value is -1.58. The Morgan fingerprint density at radius 2 is 2.29 bits per heavy atom. The molecule has 17 heavy (non-hydrogen) atoms. The third kappa shape index (κ3) is 3.19. The smallest absolute Gasteiger partial charge is 0.270 e. The normalized spacial score (nSPS) is 15.1. The molecule has 2 N–H and O–H groups in total. The second-order valence-electron chi connectivity index (χ2n) is 4.46. The van der Waals surface area contributed by atoms with E-state index in [-0.39, 0.29) is 5.91 Å². The van der Waals surface area contributed by atoms with Gasteiger partial charge in [0.05, 0.1) is 11.9 Å². The third-order valence-electron chi connectivity index (χ3n) is 3.02. The van der Waals surface area contributed by atoms with E-state index in [9.17, 15) is 4.79 Å². The van der Waals surface area contributed by atoms with Crippen LogP contribution in [-0.4, -0.2) is 23.5 Å². The maximum Gasteiger partial charge on any atom is 0.270 e. The number of pyridine rings is 1. The van der Waals surface area contributed by atoms with Crippen LogP contribution >= 0.6 is 0 Å². The Labute approximate surface area is 102 Å². The second kappa shape index (κ2) is 5.66. The van der Waals surface area contributed by atoms with Gasteiger partial charge < -0.3 is 10.6 Å². The highest BCUT2D eigenvalue weighted by Crippen LogP contribution is 2.18. The topological polar surface area (TPSA) is 54.0 Å². The molecule has 1 aromatic heterocycles. The minimum Gasteiger partial charge on any atom is -0.384 e. The highest BCUT2D eigenvalue weighted by atomic mass is 16.1. The molecule has 92 valence electrons. The molecule has 2 rings (SSSR count). The summed E-state index contributed by atoms with van der Waals surface area (Å²) >= 11 is 0. The van der Waals surface area contributed by atoms with Crippen LogP contribution in [0.2, 0.25) is 0 Å². The second-order valence-corrected chi connectivity index (χ2v) is 4.46. The molecule has 1 heterocycles. The standard InChI is InChI=1S/C13H19N3O/c1-2-8-14-11-6-7-12(15-9-11)13(17)16-10-4-3-5-10/h6-7,9-10,14H,2-5,8H2,1H3,(H,16,17). The number of carbonyl (C=O) groups excluding carboxylic acids is 1. The lowest BCUT2D eigenvalue weighted by molar-refractivity contribution is 0.0912. The maximum absolute atomic E-state index is 11.8. The van der Waals surface area contributed by atoms with Gasteiger partial charge >= 0.3 is 0 Å². The molecule has 1 aliphatic rings. The third-order valence-corrected chi connectivity index (χ3v) is 3.02.